The maximum absolute atomic E-state index is 4.94. The molecule has 0 saturated heterocycles. The molecule has 0 saturated carbocycles. The minimum Gasteiger partial charge on any atom is -0.378 e. The lowest BCUT2D eigenvalue weighted by Crippen LogP contribution is -2.24. The molecule has 0 N–H and O–H groups in total. The zero-order chi connectivity index (χ0) is 24.3. The molecule has 2 nitrogen and oxygen atoms in total. The van der Waals surface area contributed by atoms with Gasteiger partial charge < -0.3 is 4.90 Å². The first-order valence-electron chi connectivity index (χ1n) is 12.7. The van der Waals surface area contributed by atoms with Crippen LogP contribution in [0.2, 0.25) is 0 Å². The molecule has 0 aliphatic heterocycles. The number of nitrogens with zero attached hydrogens (tertiary/aromatic N) is 2. The zero-order valence-electron chi connectivity index (χ0n) is 22.4. The van der Waals surface area contributed by atoms with E-state index in [2.05, 4.69) is 116 Å². The smallest absolute Gasteiger partial charge is 0.0655 e. The highest BCUT2D eigenvalue weighted by Gasteiger charge is 2.29. The molecular formula is C31H44N2. The Bertz CT molecular complexity index is 1030. The highest BCUT2D eigenvalue weighted by molar-refractivity contribution is 5.73. The van der Waals surface area contributed by atoms with Gasteiger partial charge in [0.15, 0.2) is 0 Å². The van der Waals surface area contributed by atoms with Crippen molar-refractivity contribution in [2.24, 2.45) is 16.3 Å². The molecule has 0 aromatic heterocycles. The van der Waals surface area contributed by atoms with Crippen LogP contribution >= 0.6 is 0 Å². The third-order valence-electron chi connectivity index (χ3n) is 7.67. The Balaban J connectivity index is 1.88. The normalized spacial score (nSPS) is 18.9. The van der Waals surface area contributed by atoms with E-state index in [0.29, 0.717) is 17.9 Å². The van der Waals surface area contributed by atoms with Gasteiger partial charge in [-0.05, 0) is 92.1 Å². The van der Waals surface area contributed by atoms with Crippen LogP contribution in [-0.4, -0.2) is 24.2 Å². The van der Waals surface area contributed by atoms with Crippen molar-refractivity contribution in [1.29, 1.82) is 0 Å². The predicted molar refractivity (Wildman–Crippen MR) is 145 cm³/mol. The molecular weight excluding hydrogens is 400 g/mol. The summed E-state index contributed by atoms with van der Waals surface area (Å²) in [6, 6.07) is 14.7. The van der Waals surface area contributed by atoms with Crippen molar-refractivity contribution in [3.05, 3.63) is 76.0 Å². The van der Waals surface area contributed by atoms with Crippen molar-refractivity contribution in [1.82, 2.24) is 4.90 Å². The third kappa shape index (κ3) is 5.78. The van der Waals surface area contributed by atoms with Crippen LogP contribution in [0.25, 0.3) is 0 Å². The molecule has 0 fully saturated rings. The van der Waals surface area contributed by atoms with Crippen LogP contribution in [0.5, 0.6) is 0 Å². The Morgan fingerprint density at radius 1 is 1.12 bits per heavy atom. The Labute approximate surface area is 202 Å². The highest BCUT2D eigenvalue weighted by atomic mass is 15.1. The summed E-state index contributed by atoms with van der Waals surface area (Å²) in [6.45, 7) is 17.9. The Morgan fingerprint density at radius 2 is 1.85 bits per heavy atom. The van der Waals surface area contributed by atoms with Gasteiger partial charge in [0.05, 0.1) is 5.69 Å². The number of benzene rings is 2. The maximum Gasteiger partial charge on any atom is 0.0655 e. The lowest BCUT2D eigenvalue weighted by Gasteiger charge is -2.33. The summed E-state index contributed by atoms with van der Waals surface area (Å²) in [7, 11) is 2.14. The van der Waals surface area contributed by atoms with E-state index in [1.165, 1.54) is 46.2 Å². The fourth-order valence-corrected chi connectivity index (χ4v) is 4.80. The number of aliphatic imine (C=N–C) groups is 1. The second kappa shape index (κ2) is 10.3. The Kier molecular flexibility index (Phi) is 7.88. The maximum atomic E-state index is 4.94. The number of aryl methyl sites for hydroxylation is 2. The molecule has 0 radical (unpaired) electrons. The molecule has 1 aliphatic rings. The molecule has 2 atom stereocenters. The van der Waals surface area contributed by atoms with Gasteiger partial charge in [-0.1, -0.05) is 64.4 Å². The minimum atomic E-state index is -0.0953. The SMILES string of the molecule is CCc1cc2cc(c1)C(c1ccc(N=CC(C)(C)/C(C)=C/N(C)C(C)C)c(C)c1)C(CC)C2. The molecule has 3 rings (SSSR count). The van der Waals surface area contributed by atoms with E-state index >= 15 is 0 Å². The molecule has 1 aliphatic carbocycles. The van der Waals surface area contributed by atoms with Crippen LogP contribution in [0.4, 0.5) is 5.69 Å². The summed E-state index contributed by atoms with van der Waals surface area (Å²) in [5.41, 5.74) is 9.46. The van der Waals surface area contributed by atoms with Crippen LogP contribution in [0.3, 0.4) is 0 Å². The number of allylic oxidation sites excluding steroid dienone is 1. The summed E-state index contributed by atoms with van der Waals surface area (Å²) < 4.78 is 0. The van der Waals surface area contributed by atoms with Gasteiger partial charge in [0.1, 0.15) is 0 Å². The van der Waals surface area contributed by atoms with Gasteiger partial charge in [0.2, 0.25) is 0 Å². The van der Waals surface area contributed by atoms with Gasteiger partial charge >= 0.3 is 0 Å². The van der Waals surface area contributed by atoms with Crippen molar-refractivity contribution >= 4 is 11.9 Å². The Morgan fingerprint density at radius 3 is 2.45 bits per heavy atom. The molecule has 2 bridgehead atoms. The van der Waals surface area contributed by atoms with E-state index < -0.39 is 0 Å². The lowest BCUT2D eigenvalue weighted by molar-refractivity contribution is 0.367. The summed E-state index contributed by atoms with van der Waals surface area (Å²) in [5.74, 6) is 1.16. The van der Waals surface area contributed by atoms with Gasteiger partial charge in [-0.25, -0.2) is 0 Å². The molecule has 0 heterocycles. The first kappa shape index (κ1) is 25.3. The summed E-state index contributed by atoms with van der Waals surface area (Å²) in [4.78, 5) is 7.21. The first-order chi connectivity index (χ1) is 15.6. The number of hydrogen-bond donors (Lipinski definition) is 0. The number of fused-ring (bicyclic) bond motifs is 2. The standard InChI is InChI=1S/C31H44N2/c1-10-24-15-25-17-26(11-2)30(28(16-24)18-25)27-12-13-29(22(5)14-27)32-20-31(7,8)23(6)19-33(9)21(3)4/h12-16,18-21,26,30H,10-11,17H2,1-9H3/b23-19+,32-20?. The molecule has 178 valence electrons. The molecule has 2 heteroatoms. The van der Waals surface area contributed by atoms with Crippen LogP contribution in [0, 0.1) is 18.3 Å². The second-order valence-electron chi connectivity index (χ2n) is 10.9. The van der Waals surface area contributed by atoms with Crippen molar-refractivity contribution in [3.8, 4) is 0 Å². The fraction of sp³-hybridized carbons (Fsp3) is 0.516. The molecule has 2 unspecified atom stereocenters. The Hall–Kier alpha value is -2.35. The van der Waals surface area contributed by atoms with Crippen LogP contribution in [0.15, 0.2) is 53.2 Å². The van der Waals surface area contributed by atoms with Gasteiger partial charge in [0.25, 0.3) is 0 Å². The quantitative estimate of drug-likeness (QED) is 0.374. The lowest BCUT2D eigenvalue weighted by atomic mass is 9.71. The summed E-state index contributed by atoms with van der Waals surface area (Å²) in [6.07, 6.45) is 7.86. The summed E-state index contributed by atoms with van der Waals surface area (Å²) >= 11 is 0. The minimum absolute atomic E-state index is 0.0953. The second-order valence-corrected chi connectivity index (χ2v) is 10.9. The van der Waals surface area contributed by atoms with Crippen molar-refractivity contribution in [2.45, 2.75) is 86.6 Å². The van der Waals surface area contributed by atoms with Gasteiger partial charge in [-0.15, -0.1) is 0 Å². The van der Waals surface area contributed by atoms with Gasteiger partial charge in [0, 0.05) is 30.6 Å². The molecule has 0 spiro atoms. The van der Waals surface area contributed by atoms with Gasteiger partial charge in [-0.3, -0.25) is 4.99 Å². The topological polar surface area (TPSA) is 15.6 Å². The number of rotatable bonds is 8. The number of hydrogen-bond acceptors (Lipinski definition) is 2. The molecule has 0 amide bonds. The molecule has 2 aromatic carbocycles. The largest absolute Gasteiger partial charge is 0.378 e. The van der Waals surface area contributed by atoms with E-state index in [4.69, 9.17) is 4.99 Å². The summed E-state index contributed by atoms with van der Waals surface area (Å²) in [5, 5.41) is 0. The third-order valence-corrected chi connectivity index (χ3v) is 7.67. The zero-order valence-corrected chi connectivity index (χ0v) is 22.4. The van der Waals surface area contributed by atoms with E-state index in [9.17, 15) is 0 Å². The first-order valence-corrected chi connectivity index (χ1v) is 12.7. The van der Waals surface area contributed by atoms with E-state index in [1.807, 2.05) is 0 Å². The highest BCUT2D eigenvalue weighted by Crippen LogP contribution is 2.42. The van der Waals surface area contributed by atoms with Crippen LogP contribution in [0.1, 0.15) is 88.6 Å². The van der Waals surface area contributed by atoms with E-state index in [0.717, 1.165) is 12.1 Å². The fourth-order valence-electron chi connectivity index (χ4n) is 4.80. The molecule has 33 heavy (non-hydrogen) atoms. The van der Waals surface area contributed by atoms with Crippen molar-refractivity contribution in [2.75, 3.05) is 7.05 Å². The van der Waals surface area contributed by atoms with E-state index in [1.54, 1.807) is 0 Å². The van der Waals surface area contributed by atoms with Crippen molar-refractivity contribution in [3.63, 3.8) is 0 Å². The van der Waals surface area contributed by atoms with Gasteiger partial charge in [-0.2, -0.15) is 0 Å². The van der Waals surface area contributed by atoms with Crippen LogP contribution < -0.4 is 0 Å². The monoisotopic (exact) mass is 444 g/mol. The molecule has 2 aromatic rings. The average molecular weight is 445 g/mol. The van der Waals surface area contributed by atoms with E-state index in [-0.39, 0.29) is 5.41 Å². The predicted octanol–water partition coefficient (Wildman–Crippen LogP) is 8.24. The van der Waals surface area contributed by atoms with Crippen molar-refractivity contribution < 1.29 is 0 Å². The average Bonchev–Trinajstić information content (AvgIpc) is 2.77. The van der Waals surface area contributed by atoms with Crippen LogP contribution in [-0.2, 0) is 12.8 Å².